The minimum Gasteiger partial charge on any atom is -0.394 e. The van der Waals surface area contributed by atoms with Crippen LogP contribution in [0.3, 0.4) is 0 Å². The van der Waals surface area contributed by atoms with Crippen molar-refractivity contribution < 1.29 is 172 Å². The molecule has 30 atom stereocenters. The largest absolute Gasteiger partial charge is 0.394 e. The van der Waals surface area contributed by atoms with Crippen molar-refractivity contribution in [2.75, 3.05) is 27.3 Å². The molecular formula is C54H94N20O36S3. The van der Waals surface area contributed by atoms with Gasteiger partial charge in [-0.15, -0.1) is 0 Å². The summed E-state index contributed by atoms with van der Waals surface area (Å²) in [6.07, 6.45) is -28.0. The first-order valence-electron chi connectivity index (χ1n) is 32.3. The van der Waals surface area contributed by atoms with E-state index in [4.69, 9.17) is 136 Å². The van der Waals surface area contributed by atoms with Gasteiger partial charge in [0.2, 0.25) is 0 Å². The topological polar surface area (TPSA) is 971 Å². The fraction of sp³-hybridized carbons (Fsp3) is 0.667. The number of rotatable bonds is 22. The van der Waals surface area contributed by atoms with Gasteiger partial charge in [0.25, 0.3) is 11.8 Å². The Labute approximate surface area is 639 Å². The SMILES string of the molecule is CNC1C(OC2C(OC3C(O)C(O)C(N=C(N)N)C(O)C3N=C(N)N)OC(C)C2(O)/C=N/NC(=O)c2ccncc2)OC(CO)C(O)C1O.CNC1C(OC2C(OC3C(O)C(O)C(N=C(N)N)C(O)C3N=C(N)N)OC(C)C2(O)/C=N/NC(=O)c2ccncc2)OC(CO)C(O)C1O.O=S(=O)(O)O.O=S(=O)(O)O.O=S(=O)(O)O. The Bertz CT molecular complexity index is 3610. The van der Waals surface area contributed by atoms with E-state index in [0.717, 1.165) is 12.4 Å². The van der Waals surface area contributed by atoms with E-state index in [1.807, 2.05) is 0 Å². The average molecular weight is 1700 g/mol. The first-order chi connectivity index (χ1) is 52.3. The third-order valence-corrected chi connectivity index (χ3v) is 17.1. The number of aliphatic hydroxyl groups is 14. The highest BCUT2D eigenvalue weighted by Gasteiger charge is 2.63. The molecule has 0 aromatic carbocycles. The van der Waals surface area contributed by atoms with Gasteiger partial charge in [0, 0.05) is 35.9 Å². The van der Waals surface area contributed by atoms with Gasteiger partial charge in [0.15, 0.2) is 60.2 Å². The summed E-state index contributed by atoms with van der Waals surface area (Å²) < 4.78 is 142. The molecule has 56 nitrogen and oxygen atoms in total. The van der Waals surface area contributed by atoms with Gasteiger partial charge in [-0.3, -0.25) is 46.9 Å². The molecule has 2 aromatic heterocycles. The maximum Gasteiger partial charge on any atom is 0.394 e. The highest BCUT2D eigenvalue weighted by atomic mass is 32.3. The lowest BCUT2D eigenvalue weighted by molar-refractivity contribution is -0.313. The summed E-state index contributed by atoms with van der Waals surface area (Å²) in [4.78, 5) is 48.4. The second kappa shape index (κ2) is 42.3. The predicted octanol–water partition coefficient (Wildman–Crippen LogP) is -17.1. The number of carbonyl (C=O) groups is 2. The molecule has 40 N–H and O–H groups in total. The highest BCUT2D eigenvalue weighted by molar-refractivity contribution is 7.80. The third kappa shape index (κ3) is 27.8. The summed E-state index contributed by atoms with van der Waals surface area (Å²) in [6, 6.07) is -2.63. The minimum absolute atomic E-state index is 0.201. The van der Waals surface area contributed by atoms with E-state index in [-0.39, 0.29) is 11.1 Å². The number of hydrazone groups is 2. The van der Waals surface area contributed by atoms with Crippen LogP contribution in [0.4, 0.5) is 0 Å². The maximum atomic E-state index is 12.6. The standard InChI is InChI=1S/2C27H44N10O12.3H2O4S/c2*1-9-27(45,8-34-37-22(44)10-3-5-33-6-4-10)21(49-23-14(32-2)18(42)15(39)11(7-38)47-23)24(46-9)48-20-13(36-26(30)31)16(40)12(35-25(28)29)17(41)19(20)43;3*1-5(2,3)4/h2*3-6,8-9,11-21,23-24,32,38-43,45H,7H2,1-2H3,(H,37,44)(H4,28,29,35)(H4,30,31,36);3*(H2,1,2,3,4)/b2*34-8+;;;. The van der Waals surface area contributed by atoms with Crippen molar-refractivity contribution in [3.63, 3.8) is 0 Å². The van der Waals surface area contributed by atoms with Crippen LogP contribution >= 0.6 is 0 Å². The third-order valence-electron chi connectivity index (χ3n) is 17.1. The molecule has 113 heavy (non-hydrogen) atoms. The van der Waals surface area contributed by atoms with Crippen LogP contribution in [0.2, 0.25) is 0 Å². The van der Waals surface area contributed by atoms with Crippen LogP contribution < -0.4 is 67.4 Å². The number of nitrogens with two attached hydrogens (primary N) is 8. The monoisotopic (exact) mass is 1690 g/mol. The Balaban J connectivity index is 0.000000403. The number of guanidine groups is 4. The number of likely N-dealkylation sites (N-methyl/N-ethyl adjacent to an activating group) is 2. The molecule has 8 rings (SSSR count). The van der Waals surface area contributed by atoms with E-state index >= 15 is 0 Å². The number of hydrogen-bond acceptors (Lipinski definition) is 40. The number of nitrogens with zero attached hydrogens (tertiary/aromatic N) is 8. The van der Waals surface area contributed by atoms with Gasteiger partial charge in [-0.25, -0.2) is 30.8 Å². The summed E-state index contributed by atoms with van der Waals surface area (Å²) in [5, 5.41) is 165. The Hall–Kier alpha value is -7.69. The molecule has 4 aliphatic heterocycles. The zero-order chi connectivity index (χ0) is 85.9. The molecule has 2 aliphatic carbocycles. The van der Waals surface area contributed by atoms with Gasteiger partial charge in [0.05, 0.1) is 49.9 Å². The number of pyridine rings is 2. The number of aliphatic imine (C=N–C) groups is 4. The Kier molecular flexibility index (Phi) is 36.5. The molecule has 644 valence electrons. The van der Waals surface area contributed by atoms with E-state index in [1.54, 1.807) is 0 Å². The second-order valence-electron chi connectivity index (χ2n) is 24.8. The van der Waals surface area contributed by atoms with Crippen molar-refractivity contribution in [2.45, 2.75) is 196 Å². The van der Waals surface area contributed by atoms with Crippen molar-refractivity contribution in [3.8, 4) is 0 Å². The van der Waals surface area contributed by atoms with E-state index in [2.05, 4.69) is 61.6 Å². The van der Waals surface area contributed by atoms with Crippen LogP contribution in [0.1, 0.15) is 34.6 Å². The lowest BCUT2D eigenvalue weighted by Gasteiger charge is -2.45. The van der Waals surface area contributed by atoms with Crippen LogP contribution in [0.15, 0.2) is 79.2 Å². The number of amides is 2. The molecule has 0 radical (unpaired) electrons. The number of hydrogen-bond donors (Lipinski definition) is 32. The van der Waals surface area contributed by atoms with Crippen LogP contribution in [0.5, 0.6) is 0 Å². The molecule has 59 heteroatoms. The van der Waals surface area contributed by atoms with Gasteiger partial charge >= 0.3 is 31.2 Å². The van der Waals surface area contributed by atoms with E-state index in [0.29, 0.717) is 0 Å². The molecule has 30 unspecified atom stereocenters. The number of aliphatic hydroxyl groups excluding tert-OH is 12. The van der Waals surface area contributed by atoms with Crippen molar-refractivity contribution in [1.82, 2.24) is 31.5 Å². The molecule has 6 aliphatic rings. The van der Waals surface area contributed by atoms with Gasteiger partial charge in [0.1, 0.15) is 122 Å². The molecule has 2 saturated carbocycles. The summed E-state index contributed by atoms with van der Waals surface area (Å²) in [5.74, 6) is -3.42. The fourth-order valence-electron chi connectivity index (χ4n) is 11.7. The Morgan fingerprint density at radius 1 is 0.442 bits per heavy atom. The Morgan fingerprint density at radius 2 is 0.717 bits per heavy atom. The number of aromatic nitrogens is 2. The van der Waals surface area contributed by atoms with E-state index < -0.39 is 263 Å². The maximum absolute atomic E-state index is 12.6. The quantitative estimate of drug-likeness (QED) is 0.0225. The minimum atomic E-state index is -4.67. The fourth-order valence-corrected chi connectivity index (χ4v) is 11.7. The summed E-state index contributed by atoms with van der Waals surface area (Å²) in [7, 11) is -11.1. The zero-order valence-electron chi connectivity index (χ0n) is 59.3. The molecule has 4 saturated heterocycles. The van der Waals surface area contributed by atoms with Crippen LogP contribution in [0.25, 0.3) is 0 Å². The van der Waals surface area contributed by atoms with Gasteiger partial charge in [-0.05, 0) is 52.2 Å². The van der Waals surface area contributed by atoms with Gasteiger partial charge in [-0.2, -0.15) is 35.5 Å². The molecule has 6 heterocycles. The van der Waals surface area contributed by atoms with Crippen LogP contribution in [-0.4, -0.2) is 392 Å². The van der Waals surface area contributed by atoms with Crippen molar-refractivity contribution in [2.24, 2.45) is 76.0 Å². The van der Waals surface area contributed by atoms with Crippen LogP contribution in [0, 0.1) is 0 Å². The molecule has 0 bridgehead atoms. The normalized spacial score (nSPS) is 37.0. The summed E-state index contributed by atoms with van der Waals surface area (Å²) in [6.45, 7) is 1.35. The molecule has 6 fully saturated rings. The number of ether oxygens (including phenoxy) is 8. The van der Waals surface area contributed by atoms with Gasteiger partial charge < -0.3 is 166 Å². The highest BCUT2D eigenvalue weighted by Crippen LogP contribution is 2.41. The predicted molar refractivity (Wildman–Crippen MR) is 377 cm³/mol. The van der Waals surface area contributed by atoms with Gasteiger partial charge in [-0.1, -0.05) is 0 Å². The number of carbonyl (C=O) groups excluding carboxylic acids is 2. The molecule has 2 amide bonds. The molecular weight excluding hydrogens is 1600 g/mol. The molecule has 2 aromatic rings. The summed E-state index contributed by atoms with van der Waals surface area (Å²) in [5.41, 5.74) is 44.5. The average Bonchev–Trinajstić information content (AvgIpc) is 1.17. The van der Waals surface area contributed by atoms with E-state index in [1.165, 1.54) is 77.0 Å². The summed E-state index contributed by atoms with van der Waals surface area (Å²) >= 11 is 0. The second-order valence-corrected chi connectivity index (χ2v) is 27.4. The van der Waals surface area contributed by atoms with E-state index in [9.17, 15) is 81.1 Å². The van der Waals surface area contributed by atoms with Crippen molar-refractivity contribution >= 4 is 79.3 Å². The van der Waals surface area contributed by atoms with Crippen molar-refractivity contribution in [3.05, 3.63) is 60.2 Å². The lowest BCUT2D eigenvalue weighted by atomic mass is 9.81. The first kappa shape index (κ1) is 97.7. The smallest absolute Gasteiger partial charge is 0.394 e. The van der Waals surface area contributed by atoms with Crippen molar-refractivity contribution in [1.29, 1.82) is 0 Å². The Morgan fingerprint density at radius 3 is 0.973 bits per heavy atom. The molecule has 0 spiro atoms. The first-order valence-corrected chi connectivity index (χ1v) is 36.5. The number of nitrogens with one attached hydrogen (secondary N) is 4. The van der Waals surface area contributed by atoms with Crippen LogP contribution in [-0.2, 0) is 69.1 Å². The zero-order valence-corrected chi connectivity index (χ0v) is 61.7. The lowest BCUT2D eigenvalue weighted by Crippen LogP contribution is -2.66.